The number of benzene rings is 3. The van der Waals surface area contributed by atoms with E-state index in [1.54, 1.807) is 37.6 Å². The van der Waals surface area contributed by atoms with Gasteiger partial charge < -0.3 is 24.8 Å². The van der Waals surface area contributed by atoms with Gasteiger partial charge in [0.25, 0.3) is 11.8 Å². The number of aryl methyl sites for hydroxylation is 1. The monoisotopic (exact) mass is 909 g/mol. The van der Waals surface area contributed by atoms with Crippen LogP contribution in [0.5, 0.6) is 0 Å². The summed E-state index contributed by atoms with van der Waals surface area (Å²) < 4.78 is 17.3. The van der Waals surface area contributed by atoms with Crippen molar-refractivity contribution < 1.29 is 43.0 Å². The molecular weight excluding hydrogens is 850 g/mol. The van der Waals surface area contributed by atoms with Gasteiger partial charge in [-0.25, -0.2) is 4.79 Å². The van der Waals surface area contributed by atoms with Gasteiger partial charge in [0.15, 0.2) is 11.4 Å². The zero-order chi connectivity index (χ0) is 46.1. The normalized spacial score (nSPS) is 14.5. The molecule has 0 bridgehead atoms. The molecule has 12 nitrogen and oxygen atoms in total. The number of hydrogen-bond acceptors (Lipinski definition) is 11. The number of amides is 4. The highest BCUT2D eigenvalue weighted by Crippen LogP contribution is 2.44. The Hall–Kier alpha value is -4.63. The van der Waals surface area contributed by atoms with Crippen molar-refractivity contribution in [1.29, 1.82) is 0 Å². The Morgan fingerprint density at radius 3 is 1.97 bits per heavy atom. The van der Waals surface area contributed by atoms with Crippen LogP contribution in [0.25, 0.3) is 0 Å². The summed E-state index contributed by atoms with van der Waals surface area (Å²) in [6.45, 7) is 16.8. The Bertz CT molecular complexity index is 2000. The summed E-state index contributed by atoms with van der Waals surface area (Å²) >= 11 is 6.79. The Balaban J connectivity index is 0.00000504. The van der Waals surface area contributed by atoms with Crippen LogP contribution in [0.2, 0.25) is 5.02 Å². The van der Waals surface area contributed by atoms with Gasteiger partial charge in [-0.1, -0.05) is 146 Å². The summed E-state index contributed by atoms with van der Waals surface area (Å²) in [5.74, 6) is -3.56. The van der Waals surface area contributed by atoms with Crippen molar-refractivity contribution in [2.75, 3.05) is 32.1 Å². The minimum atomic E-state index is -1.37. The van der Waals surface area contributed by atoms with Gasteiger partial charge in [0, 0.05) is 63.9 Å². The number of ketones is 1. The van der Waals surface area contributed by atoms with E-state index in [1.165, 1.54) is 10.8 Å². The zero-order valence-electron chi connectivity index (χ0n) is 37.1. The molecule has 0 fully saturated rings. The molecule has 1 unspecified atom stereocenters. The topological polar surface area (TPSA) is 157 Å². The van der Waals surface area contributed by atoms with Crippen LogP contribution in [0.3, 0.4) is 0 Å². The van der Waals surface area contributed by atoms with E-state index in [4.69, 9.17) is 25.8 Å². The fourth-order valence-corrected chi connectivity index (χ4v) is 9.07. The molecule has 1 aliphatic rings. The molecule has 3 aromatic carbocycles. The van der Waals surface area contributed by atoms with E-state index >= 15 is 0 Å². The van der Waals surface area contributed by atoms with E-state index in [-0.39, 0.29) is 43.1 Å². The molecule has 4 amide bonds. The third kappa shape index (κ3) is 15.6. The molecule has 1 heterocycles. The highest BCUT2D eigenvalue weighted by atomic mass is 35.5. The SMILES string of the molecule is CC.Cc1ccc(C(OC(=O)CCOCCNC(=O)[C@H](CSSC(C)(C)C)CC(=O)[C@H](CNC(=O)OC(C)(C)C)N2C(=O)C=CC2=O)(c2ccccc2)c2ccccc2Cl)cc1. The minimum Gasteiger partial charge on any atom is -0.444 e. The number of Topliss-reactive ketones (excluding diaryl/α,β-unsaturated/α-hetero) is 1. The Morgan fingerprint density at radius 2 is 1.37 bits per heavy atom. The molecule has 0 saturated heterocycles. The number of carbonyl (C=O) groups is 6. The number of ether oxygens (including phenoxy) is 3. The Kier molecular flexibility index (Phi) is 20.3. The number of halogens is 1. The molecular formula is C47H60ClN3O9S2. The molecule has 1 aliphatic heterocycles. The molecule has 0 aromatic heterocycles. The molecule has 4 rings (SSSR count). The molecule has 0 radical (unpaired) electrons. The number of imide groups is 1. The van der Waals surface area contributed by atoms with Gasteiger partial charge in [-0.05, 0) is 33.8 Å². The van der Waals surface area contributed by atoms with Crippen molar-refractivity contribution >= 4 is 68.8 Å². The second-order valence-electron chi connectivity index (χ2n) is 16.1. The lowest BCUT2D eigenvalue weighted by atomic mass is 9.79. The van der Waals surface area contributed by atoms with Crippen LogP contribution in [0, 0.1) is 12.8 Å². The van der Waals surface area contributed by atoms with Crippen molar-refractivity contribution in [3.05, 3.63) is 118 Å². The average Bonchev–Trinajstić information content (AvgIpc) is 3.55. The number of hydrogen-bond donors (Lipinski definition) is 2. The van der Waals surface area contributed by atoms with Gasteiger partial charge in [-0.15, -0.1) is 0 Å². The first-order valence-corrected chi connectivity index (χ1v) is 23.3. The van der Waals surface area contributed by atoms with Crippen LogP contribution in [-0.2, 0) is 43.8 Å². The first-order valence-electron chi connectivity index (χ1n) is 20.6. The smallest absolute Gasteiger partial charge is 0.407 e. The molecule has 0 spiro atoms. The maximum Gasteiger partial charge on any atom is 0.407 e. The quantitative estimate of drug-likeness (QED) is 0.0368. The summed E-state index contributed by atoms with van der Waals surface area (Å²) in [7, 11) is 2.97. The van der Waals surface area contributed by atoms with Crippen LogP contribution in [0.4, 0.5) is 4.79 Å². The molecule has 3 aromatic rings. The second kappa shape index (κ2) is 24.3. The third-order valence-corrected chi connectivity index (χ3v) is 12.7. The minimum absolute atomic E-state index is 0.00572. The van der Waals surface area contributed by atoms with E-state index in [2.05, 4.69) is 10.6 Å². The van der Waals surface area contributed by atoms with E-state index < -0.39 is 65.3 Å². The van der Waals surface area contributed by atoms with E-state index in [0.717, 1.165) is 28.2 Å². The number of alkyl carbamates (subject to hydrolysis) is 1. The average molecular weight is 911 g/mol. The number of nitrogens with zero attached hydrogens (tertiary/aromatic N) is 1. The van der Waals surface area contributed by atoms with E-state index in [1.807, 2.05) is 114 Å². The number of rotatable bonds is 20. The molecule has 2 N–H and O–H groups in total. The highest BCUT2D eigenvalue weighted by molar-refractivity contribution is 8.77. The fourth-order valence-electron chi connectivity index (χ4n) is 6.19. The highest BCUT2D eigenvalue weighted by Gasteiger charge is 2.42. The van der Waals surface area contributed by atoms with Gasteiger partial charge in [0.1, 0.15) is 11.6 Å². The van der Waals surface area contributed by atoms with Gasteiger partial charge in [-0.2, -0.15) is 0 Å². The van der Waals surface area contributed by atoms with Crippen molar-refractivity contribution in [3.8, 4) is 0 Å². The summed E-state index contributed by atoms with van der Waals surface area (Å²) in [5.41, 5.74) is 0.896. The number of esters is 1. The van der Waals surface area contributed by atoms with E-state index in [9.17, 15) is 28.8 Å². The zero-order valence-corrected chi connectivity index (χ0v) is 39.5. The molecule has 0 saturated carbocycles. The van der Waals surface area contributed by atoms with Crippen LogP contribution in [-0.4, -0.2) is 88.9 Å². The summed E-state index contributed by atoms with van der Waals surface area (Å²) in [5, 5.41) is 5.74. The predicted molar refractivity (Wildman–Crippen MR) is 247 cm³/mol. The molecule has 0 aliphatic carbocycles. The van der Waals surface area contributed by atoms with E-state index in [0.29, 0.717) is 16.1 Å². The van der Waals surface area contributed by atoms with Crippen molar-refractivity contribution in [1.82, 2.24) is 15.5 Å². The lowest BCUT2D eigenvalue weighted by molar-refractivity contribution is -0.154. The maximum absolute atomic E-state index is 13.8. The van der Waals surface area contributed by atoms with Crippen LogP contribution in [0.15, 0.2) is 91.0 Å². The van der Waals surface area contributed by atoms with Crippen molar-refractivity contribution in [3.63, 3.8) is 0 Å². The van der Waals surface area contributed by atoms with Gasteiger partial charge in [0.2, 0.25) is 5.91 Å². The molecule has 336 valence electrons. The van der Waals surface area contributed by atoms with Crippen LogP contribution in [0.1, 0.15) is 90.5 Å². The number of nitrogens with one attached hydrogen (secondary N) is 2. The third-order valence-electron chi connectivity index (χ3n) is 8.92. The maximum atomic E-state index is 13.8. The predicted octanol–water partition coefficient (Wildman–Crippen LogP) is 8.61. The first-order chi connectivity index (χ1) is 29.3. The fraction of sp³-hybridized carbons (Fsp3) is 0.447. The standard InChI is InChI=1S/C45H54ClN3O9S2.C2H6/c1-30-17-19-33(20-18-30)45(32-13-9-8-10-14-32,34-15-11-12-16-35(34)46)57-40(53)23-25-56-26-24-47-41(54)31(29-59-60-44(5,6)7)27-37(50)36(49-38(51)21-22-39(49)52)28-48-42(55)58-43(2,3)4;1-2/h8-22,31,36H,23-29H2,1-7H3,(H,47,54)(H,48,55);1-2H3/t31-,36-,45?;/m0./s1. The Labute approximate surface area is 379 Å². The molecule has 3 atom stereocenters. The second-order valence-corrected chi connectivity index (χ2v) is 19.7. The first kappa shape index (κ1) is 51.7. The molecule has 62 heavy (non-hydrogen) atoms. The van der Waals surface area contributed by atoms with Crippen LogP contribution < -0.4 is 10.6 Å². The van der Waals surface area contributed by atoms with Gasteiger partial charge in [0.05, 0.1) is 25.6 Å². The van der Waals surface area contributed by atoms with Crippen molar-refractivity contribution in [2.24, 2.45) is 5.92 Å². The van der Waals surface area contributed by atoms with Crippen LogP contribution >= 0.6 is 33.2 Å². The molecule has 15 heteroatoms. The van der Waals surface area contributed by atoms with Crippen molar-refractivity contribution in [2.45, 2.75) is 97.1 Å². The van der Waals surface area contributed by atoms with Gasteiger partial charge in [-0.3, -0.25) is 28.9 Å². The largest absolute Gasteiger partial charge is 0.444 e. The lowest BCUT2D eigenvalue weighted by Gasteiger charge is -2.36. The number of carbonyl (C=O) groups excluding carboxylic acids is 6. The Morgan fingerprint density at radius 1 is 0.774 bits per heavy atom. The summed E-state index contributed by atoms with van der Waals surface area (Å²) in [6.07, 6.45) is 0.868. The summed E-state index contributed by atoms with van der Waals surface area (Å²) in [4.78, 5) is 79.7. The lowest BCUT2D eigenvalue weighted by Crippen LogP contribution is -2.52. The summed E-state index contributed by atoms with van der Waals surface area (Å²) in [6, 6.07) is 23.0. The van der Waals surface area contributed by atoms with Gasteiger partial charge >= 0.3 is 12.1 Å².